The molecule has 6 rings (SSSR count). The van der Waals surface area contributed by atoms with Crippen molar-refractivity contribution in [3.05, 3.63) is 36.8 Å². The number of aromatic nitrogens is 4. The Balaban J connectivity index is 1.19. The Labute approximate surface area is 182 Å². The van der Waals surface area contributed by atoms with Crippen LogP contribution in [-0.2, 0) is 0 Å². The third-order valence-electron chi connectivity index (χ3n) is 7.54. The van der Waals surface area contributed by atoms with E-state index in [2.05, 4.69) is 44.3 Å². The zero-order valence-electron chi connectivity index (χ0n) is 17.9. The van der Waals surface area contributed by atoms with E-state index in [4.69, 9.17) is 4.98 Å². The maximum Gasteiger partial charge on any atom is 0.0924 e. The summed E-state index contributed by atoms with van der Waals surface area (Å²) >= 11 is 0. The van der Waals surface area contributed by atoms with Crippen molar-refractivity contribution in [3.63, 3.8) is 0 Å². The first-order valence-corrected chi connectivity index (χ1v) is 11.7. The van der Waals surface area contributed by atoms with Crippen LogP contribution in [0.3, 0.4) is 0 Å². The summed E-state index contributed by atoms with van der Waals surface area (Å²) in [6, 6.07) is 7.69. The summed E-state index contributed by atoms with van der Waals surface area (Å²) in [6.45, 7) is 4.76. The fourth-order valence-corrected chi connectivity index (χ4v) is 5.17. The molecule has 0 bridgehead atoms. The van der Waals surface area contributed by atoms with Gasteiger partial charge in [0.2, 0.25) is 0 Å². The van der Waals surface area contributed by atoms with Crippen molar-refractivity contribution >= 4 is 16.7 Å². The van der Waals surface area contributed by atoms with Crippen molar-refractivity contribution in [1.29, 1.82) is 0 Å². The minimum atomic E-state index is 0.277. The van der Waals surface area contributed by atoms with Crippen molar-refractivity contribution in [2.75, 3.05) is 37.7 Å². The number of aliphatic hydroxyl groups excluding tert-OH is 1. The maximum absolute atomic E-state index is 9.25. The van der Waals surface area contributed by atoms with Crippen molar-refractivity contribution in [2.24, 2.45) is 5.92 Å². The molecule has 1 saturated heterocycles. The lowest BCUT2D eigenvalue weighted by Crippen LogP contribution is -2.52. The van der Waals surface area contributed by atoms with E-state index >= 15 is 0 Å². The molecule has 3 heterocycles. The van der Waals surface area contributed by atoms with Crippen molar-refractivity contribution in [2.45, 2.75) is 44.2 Å². The molecule has 0 radical (unpaired) electrons. The molecule has 7 heteroatoms. The molecule has 0 amide bonds. The predicted octanol–water partition coefficient (Wildman–Crippen LogP) is 3.11. The highest BCUT2D eigenvalue weighted by molar-refractivity contribution is 5.81. The van der Waals surface area contributed by atoms with Gasteiger partial charge in [-0.05, 0) is 49.8 Å². The second-order valence-electron chi connectivity index (χ2n) is 9.42. The standard InChI is InChI=1S/C24H30N6O/c31-16-17-10-21(11-17)30-15-18(13-26-30)24-14-25-22-5-4-20(12-23(22)27-24)29-8-6-28(7-9-29)19-2-1-3-19/h4-5,12-15,17,19,21,31H,1-3,6-11,16H2. The number of nitrogens with zero attached hydrogens (tertiary/aromatic N) is 6. The van der Waals surface area contributed by atoms with Gasteiger partial charge in [-0.3, -0.25) is 14.6 Å². The second kappa shape index (κ2) is 7.88. The molecule has 2 aliphatic carbocycles. The first kappa shape index (κ1) is 19.2. The predicted molar refractivity (Wildman–Crippen MR) is 121 cm³/mol. The van der Waals surface area contributed by atoms with Crippen LogP contribution in [0.5, 0.6) is 0 Å². The highest BCUT2D eigenvalue weighted by Crippen LogP contribution is 2.37. The van der Waals surface area contributed by atoms with Crippen molar-refractivity contribution in [1.82, 2.24) is 24.6 Å². The molecule has 2 aromatic heterocycles. The molecule has 1 N–H and O–H groups in total. The molecule has 3 aromatic rings. The van der Waals surface area contributed by atoms with Gasteiger partial charge in [-0.15, -0.1) is 0 Å². The first-order valence-electron chi connectivity index (χ1n) is 11.7. The van der Waals surface area contributed by atoms with Gasteiger partial charge in [0.1, 0.15) is 0 Å². The molecule has 0 unspecified atom stereocenters. The summed E-state index contributed by atoms with van der Waals surface area (Å²) in [5.41, 5.74) is 4.98. The monoisotopic (exact) mass is 418 g/mol. The van der Waals surface area contributed by atoms with E-state index in [9.17, 15) is 5.11 Å². The van der Waals surface area contributed by atoms with E-state index in [1.165, 1.54) is 24.9 Å². The number of fused-ring (bicyclic) bond motifs is 1. The zero-order valence-corrected chi connectivity index (χ0v) is 17.9. The fourth-order valence-electron chi connectivity index (χ4n) is 5.17. The summed E-state index contributed by atoms with van der Waals surface area (Å²) < 4.78 is 2.02. The van der Waals surface area contributed by atoms with Gasteiger partial charge in [0.05, 0.1) is 35.2 Å². The molecule has 2 saturated carbocycles. The third-order valence-corrected chi connectivity index (χ3v) is 7.54. The number of piperazine rings is 1. The highest BCUT2D eigenvalue weighted by Gasteiger charge is 2.30. The Morgan fingerprint density at radius 3 is 2.55 bits per heavy atom. The molecule has 3 aliphatic rings. The van der Waals surface area contributed by atoms with Gasteiger partial charge in [0.25, 0.3) is 0 Å². The van der Waals surface area contributed by atoms with Crippen LogP contribution in [-0.4, -0.2) is 68.6 Å². The summed E-state index contributed by atoms with van der Waals surface area (Å²) in [6.07, 6.45) is 12.0. The number of hydrogen-bond donors (Lipinski definition) is 1. The van der Waals surface area contributed by atoms with Gasteiger partial charge in [-0.25, -0.2) is 4.98 Å². The van der Waals surface area contributed by atoms with Gasteiger partial charge < -0.3 is 10.0 Å². The lowest BCUT2D eigenvalue weighted by atomic mass is 9.81. The first-order chi connectivity index (χ1) is 15.3. The van der Waals surface area contributed by atoms with Gasteiger partial charge in [0.15, 0.2) is 0 Å². The summed E-state index contributed by atoms with van der Waals surface area (Å²) in [5.74, 6) is 0.423. The van der Waals surface area contributed by atoms with Crippen LogP contribution in [0.25, 0.3) is 22.3 Å². The minimum Gasteiger partial charge on any atom is -0.396 e. The third kappa shape index (κ3) is 3.59. The lowest BCUT2D eigenvalue weighted by Gasteiger charge is -2.43. The Kier molecular flexibility index (Phi) is 4.88. The minimum absolute atomic E-state index is 0.277. The molecule has 0 spiro atoms. The number of aliphatic hydroxyl groups is 1. The average Bonchev–Trinajstić information content (AvgIpc) is 3.21. The molecule has 162 valence electrons. The molecular formula is C24H30N6O. The molecule has 1 aliphatic heterocycles. The van der Waals surface area contributed by atoms with E-state index in [1.807, 2.05) is 17.1 Å². The SMILES string of the molecule is OCC1CC(n2cc(-c3cnc4ccc(N5CCN(C6CCC6)CC5)cc4n3)cn2)C1. The molecule has 1 aromatic carbocycles. The Hall–Kier alpha value is -2.51. The topological polar surface area (TPSA) is 70.3 Å². The van der Waals surface area contributed by atoms with Crippen LogP contribution >= 0.6 is 0 Å². The van der Waals surface area contributed by atoms with Crippen LogP contribution in [0.2, 0.25) is 0 Å². The van der Waals surface area contributed by atoms with Gasteiger partial charge in [-0.1, -0.05) is 6.42 Å². The van der Waals surface area contributed by atoms with E-state index in [0.717, 1.165) is 67.4 Å². The number of hydrogen-bond acceptors (Lipinski definition) is 6. The Morgan fingerprint density at radius 1 is 0.968 bits per heavy atom. The highest BCUT2D eigenvalue weighted by atomic mass is 16.3. The number of benzene rings is 1. The van der Waals surface area contributed by atoms with Crippen LogP contribution < -0.4 is 4.90 Å². The van der Waals surface area contributed by atoms with Crippen LogP contribution in [0.1, 0.15) is 38.1 Å². The molecular weight excluding hydrogens is 388 g/mol. The quantitative estimate of drug-likeness (QED) is 0.687. The molecule has 3 fully saturated rings. The van der Waals surface area contributed by atoms with Crippen molar-refractivity contribution in [3.8, 4) is 11.3 Å². The Morgan fingerprint density at radius 2 is 1.81 bits per heavy atom. The molecule has 0 atom stereocenters. The zero-order chi connectivity index (χ0) is 20.8. The van der Waals surface area contributed by atoms with Gasteiger partial charge in [-0.2, -0.15) is 5.10 Å². The van der Waals surface area contributed by atoms with E-state index in [1.54, 1.807) is 0 Å². The maximum atomic E-state index is 9.25. The van der Waals surface area contributed by atoms with Crippen molar-refractivity contribution < 1.29 is 5.11 Å². The summed E-state index contributed by atoms with van der Waals surface area (Å²) in [4.78, 5) is 14.7. The van der Waals surface area contributed by atoms with Crippen LogP contribution in [0.15, 0.2) is 36.8 Å². The summed E-state index contributed by atoms with van der Waals surface area (Å²) in [7, 11) is 0. The fraction of sp³-hybridized carbons (Fsp3) is 0.542. The summed E-state index contributed by atoms with van der Waals surface area (Å²) in [5, 5.41) is 13.8. The normalized spacial score (nSPS) is 24.9. The van der Waals surface area contributed by atoms with Crippen LogP contribution in [0, 0.1) is 5.92 Å². The largest absolute Gasteiger partial charge is 0.396 e. The van der Waals surface area contributed by atoms with Crippen LogP contribution in [0.4, 0.5) is 5.69 Å². The lowest BCUT2D eigenvalue weighted by molar-refractivity contribution is 0.105. The number of anilines is 1. The van der Waals surface area contributed by atoms with Gasteiger partial charge in [0, 0.05) is 56.3 Å². The van der Waals surface area contributed by atoms with E-state index in [-0.39, 0.29) is 6.61 Å². The second-order valence-corrected chi connectivity index (χ2v) is 9.42. The molecule has 7 nitrogen and oxygen atoms in total. The van der Waals surface area contributed by atoms with E-state index in [0.29, 0.717) is 12.0 Å². The molecule has 31 heavy (non-hydrogen) atoms. The Bertz CT molecular complexity index is 1060. The average molecular weight is 419 g/mol. The number of rotatable bonds is 5. The van der Waals surface area contributed by atoms with Gasteiger partial charge >= 0.3 is 0 Å². The van der Waals surface area contributed by atoms with E-state index < -0.39 is 0 Å². The smallest absolute Gasteiger partial charge is 0.0924 e.